The van der Waals surface area contributed by atoms with Gasteiger partial charge in [0.1, 0.15) is 6.61 Å². The molecule has 2 fully saturated rings. The molecule has 1 aromatic rings. The van der Waals surface area contributed by atoms with Gasteiger partial charge in [-0.3, -0.25) is 9.59 Å². The van der Waals surface area contributed by atoms with Gasteiger partial charge in [0.2, 0.25) is 5.91 Å². The molecule has 1 aromatic carbocycles. The highest BCUT2D eigenvalue weighted by molar-refractivity contribution is 6.30. The van der Waals surface area contributed by atoms with Crippen molar-refractivity contribution in [3.05, 3.63) is 34.9 Å². The second-order valence-corrected chi connectivity index (χ2v) is 6.11. The van der Waals surface area contributed by atoms with E-state index < -0.39 is 12.1 Å². The summed E-state index contributed by atoms with van der Waals surface area (Å²) in [6.45, 7) is 2.06. The first-order valence-electron chi connectivity index (χ1n) is 7.57. The van der Waals surface area contributed by atoms with Crippen LogP contribution in [0.25, 0.3) is 0 Å². The van der Waals surface area contributed by atoms with Crippen molar-refractivity contribution in [2.45, 2.75) is 12.1 Å². The maximum absolute atomic E-state index is 12.8. The standard InChI is InChI=1S/C16H19ClN2O4/c1-18-13(20)10-23-15(16(21)19-6-8-22-9-7-19)14(18)11-2-4-12(17)5-3-11/h2-5,14-15H,6-10H2,1H3. The molecule has 2 atom stereocenters. The second-order valence-electron chi connectivity index (χ2n) is 5.67. The topological polar surface area (TPSA) is 59.1 Å². The molecule has 0 N–H and O–H groups in total. The second kappa shape index (κ2) is 6.86. The number of nitrogens with zero attached hydrogens (tertiary/aromatic N) is 2. The van der Waals surface area contributed by atoms with Gasteiger partial charge in [-0.1, -0.05) is 23.7 Å². The minimum atomic E-state index is -0.711. The summed E-state index contributed by atoms with van der Waals surface area (Å²) in [6, 6.07) is 6.69. The van der Waals surface area contributed by atoms with Crippen molar-refractivity contribution < 1.29 is 19.1 Å². The fourth-order valence-electron chi connectivity index (χ4n) is 2.94. The van der Waals surface area contributed by atoms with E-state index in [0.717, 1.165) is 5.56 Å². The Morgan fingerprint density at radius 1 is 1.22 bits per heavy atom. The zero-order chi connectivity index (χ0) is 16.4. The quantitative estimate of drug-likeness (QED) is 0.810. The Kier molecular flexibility index (Phi) is 4.84. The van der Waals surface area contributed by atoms with Crippen LogP contribution in [-0.4, -0.2) is 67.7 Å². The van der Waals surface area contributed by atoms with Crippen molar-refractivity contribution >= 4 is 23.4 Å². The van der Waals surface area contributed by atoms with Crippen LogP contribution in [0.3, 0.4) is 0 Å². The third-order valence-corrected chi connectivity index (χ3v) is 4.51. The summed E-state index contributed by atoms with van der Waals surface area (Å²) in [5, 5.41) is 0.607. The number of carbonyl (C=O) groups is 2. The molecule has 0 radical (unpaired) electrons. The highest BCUT2D eigenvalue weighted by Gasteiger charge is 2.41. The van der Waals surface area contributed by atoms with E-state index in [1.165, 1.54) is 0 Å². The number of rotatable bonds is 2. The third-order valence-electron chi connectivity index (χ3n) is 4.26. The summed E-state index contributed by atoms with van der Waals surface area (Å²) >= 11 is 5.94. The Morgan fingerprint density at radius 3 is 2.52 bits per heavy atom. The van der Waals surface area contributed by atoms with E-state index in [-0.39, 0.29) is 18.4 Å². The Bertz CT molecular complexity index is 586. The number of hydrogen-bond acceptors (Lipinski definition) is 4. The van der Waals surface area contributed by atoms with Gasteiger partial charge in [-0.25, -0.2) is 0 Å². The van der Waals surface area contributed by atoms with Crippen LogP contribution < -0.4 is 0 Å². The molecule has 0 saturated carbocycles. The first-order chi connectivity index (χ1) is 11.1. The van der Waals surface area contributed by atoms with E-state index in [4.69, 9.17) is 21.1 Å². The van der Waals surface area contributed by atoms with Gasteiger partial charge in [0.25, 0.3) is 5.91 Å². The van der Waals surface area contributed by atoms with Crippen molar-refractivity contribution in [1.29, 1.82) is 0 Å². The lowest BCUT2D eigenvalue weighted by Gasteiger charge is -2.40. The maximum atomic E-state index is 12.8. The van der Waals surface area contributed by atoms with Crippen LogP contribution in [0.5, 0.6) is 0 Å². The van der Waals surface area contributed by atoms with Gasteiger partial charge in [0.15, 0.2) is 6.10 Å². The van der Waals surface area contributed by atoms with Gasteiger partial charge in [-0.2, -0.15) is 0 Å². The van der Waals surface area contributed by atoms with Gasteiger partial charge in [0, 0.05) is 25.2 Å². The van der Waals surface area contributed by atoms with Crippen LogP contribution in [0.4, 0.5) is 0 Å². The van der Waals surface area contributed by atoms with Crippen LogP contribution in [0.1, 0.15) is 11.6 Å². The van der Waals surface area contributed by atoms with Crippen molar-refractivity contribution in [3.63, 3.8) is 0 Å². The number of hydrogen-bond donors (Lipinski definition) is 0. The zero-order valence-corrected chi connectivity index (χ0v) is 13.7. The number of carbonyl (C=O) groups excluding carboxylic acids is 2. The Hall–Kier alpha value is -1.63. The highest BCUT2D eigenvalue weighted by Crippen LogP contribution is 2.31. The van der Waals surface area contributed by atoms with Crippen LogP contribution in [0.2, 0.25) is 5.02 Å². The summed E-state index contributed by atoms with van der Waals surface area (Å²) in [4.78, 5) is 28.2. The molecule has 124 valence electrons. The highest BCUT2D eigenvalue weighted by atomic mass is 35.5. The van der Waals surface area contributed by atoms with Crippen molar-refractivity contribution in [2.75, 3.05) is 40.0 Å². The van der Waals surface area contributed by atoms with E-state index in [0.29, 0.717) is 31.3 Å². The lowest BCUT2D eigenvalue weighted by molar-refractivity contribution is -0.169. The SMILES string of the molecule is CN1C(=O)COC(C(=O)N2CCOCC2)C1c1ccc(Cl)cc1. The molecule has 23 heavy (non-hydrogen) atoms. The van der Waals surface area contributed by atoms with Gasteiger partial charge in [-0.05, 0) is 17.7 Å². The monoisotopic (exact) mass is 338 g/mol. The molecule has 0 spiro atoms. The normalized spacial score (nSPS) is 25.6. The fourth-order valence-corrected chi connectivity index (χ4v) is 3.07. The Balaban J connectivity index is 1.87. The molecule has 3 rings (SSSR count). The van der Waals surface area contributed by atoms with Crippen LogP contribution in [-0.2, 0) is 19.1 Å². The first kappa shape index (κ1) is 16.2. The summed E-state index contributed by atoms with van der Waals surface area (Å²) in [5.41, 5.74) is 0.830. The average molecular weight is 339 g/mol. The number of benzene rings is 1. The van der Waals surface area contributed by atoms with Gasteiger partial charge < -0.3 is 19.3 Å². The van der Waals surface area contributed by atoms with E-state index in [1.54, 1.807) is 29.0 Å². The number of halogens is 1. The molecule has 0 bridgehead atoms. The lowest BCUT2D eigenvalue weighted by Crippen LogP contribution is -2.55. The molecule has 2 saturated heterocycles. The molecule has 2 heterocycles. The zero-order valence-electron chi connectivity index (χ0n) is 12.9. The number of morpholine rings is 2. The van der Waals surface area contributed by atoms with Crippen LogP contribution in [0.15, 0.2) is 24.3 Å². The van der Waals surface area contributed by atoms with Crippen molar-refractivity contribution in [3.8, 4) is 0 Å². The Morgan fingerprint density at radius 2 is 1.87 bits per heavy atom. The van der Waals surface area contributed by atoms with Crippen LogP contribution in [0, 0.1) is 0 Å². The number of ether oxygens (including phenoxy) is 2. The Labute approximate surface area is 139 Å². The third kappa shape index (κ3) is 3.34. The molecule has 2 unspecified atom stereocenters. The fraction of sp³-hybridized carbons (Fsp3) is 0.500. The van der Waals surface area contributed by atoms with Crippen molar-refractivity contribution in [2.24, 2.45) is 0 Å². The predicted molar refractivity (Wildman–Crippen MR) is 84.1 cm³/mol. The van der Waals surface area contributed by atoms with E-state index in [9.17, 15) is 9.59 Å². The molecular weight excluding hydrogens is 320 g/mol. The minimum Gasteiger partial charge on any atom is -0.378 e. The largest absolute Gasteiger partial charge is 0.378 e. The van der Waals surface area contributed by atoms with Crippen molar-refractivity contribution in [1.82, 2.24) is 9.80 Å². The van der Waals surface area contributed by atoms with Gasteiger partial charge in [0.05, 0.1) is 19.3 Å². The van der Waals surface area contributed by atoms with E-state index in [2.05, 4.69) is 0 Å². The molecule has 2 aliphatic heterocycles. The lowest BCUT2D eigenvalue weighted by atomic mass is 9.97. The molecule has 6 nitrogen and oxygen atoms in total. The average Bonchev–Trinajstić information content (AvgIpc) is 2.58. The molecule has 0 aromatic heterocycles. The molecular formula is C16H19ClN2O4. The molecule has 2 aliphatic rings. The van der Waals surface area contributed by atoms with E-state index in [1.807, 2.05) is 12.1 Å². The predicted octanol–water partition coefficient (Wildman–Crippen LogP) is 1.10. The molecule has 0 aliphatic carbocycles. The minimum absolute atomic E-state index is 0.0820. The number of amides is 2. The maximum Gasteiger partial charge on any atom is 0.254 e. The van der Waals surface area contributed by atoms with Gasteiger partial charge in [-0.15, -0.1) is 0 Å². The summed E-state index contributed by atoms with van der Waals surface area (Å²) in [6.07, 6.45) is -0.711. The summed E-state index contributed by atoms with van der Waals surface area (Å²) in [5.74, 6) is -0.247. The van der Waals surface area contributed by atoms with Crippen LogP contribution >= 0.6 is 11.6 Å². The van der Waals surface area contributed by atoms with Gasteiger partial charge >= 0.3 is 0 Å². The van der Waals surface area contributed by atoms with E-state index >= 15 is 0 Å². The first-order valence-corrected chi connectivity index (χ1v) is 7.95. The smallest absolute Gasteiger partial charge is 0.254 e. The molecule has 7 heteroatoms. The summed E-state index contributed by atoms with van der Waals surface area (Å²) in [7, 11) is 1.70. The molecule has 2 amide bonds. The summed E-state index contributed by atoms with van der Waals surface area (Å²) < 4.78 is 10.9. The number of likely N-dealkylation sites (N-methyl/N-ethyl adjacent to an activating group) is 1.